The van der Waals surface area contributed by atoms with Gasteiger partial charge in [-0.1, -0.05) is 39.0 Å². The van der Waals surface area contributed by atoms with E-state index in [1.54, 1.807) is 6.07 Å². The number of unbranched alkanes of at least 4 members (excludes halogenated alkanes) is 4. The molecule has 1 amide bonds. The zero-order valence-electron chi connectivity index (χ0n) is 12.4. The van der Waals surface area contributed by atoms with E-state index in [-0.39, 0.29) is 5.56 Å². The summed E-state index contributed by atoms with van der Waals surface area (Å²) < 4.78 is 13.4. The van der Waals surface area contributed by atoms with Crippen molar-refractivity contribution in [1.29, 1.82) is 0 Å². The zero-order chi connectivity index (χ0) is 15.0. The molecule has 1 rings (SSSR count). The molecule has 0 radical (unpaired) electrons. The fourth-order valence-corrected chi connectivity index (χ4v) is 2.21. The first-order valence-electron chi connectivity index (χ1n) is 7.40. The van der Waals surface area contributed by atoms with Crippen LogP contribution in [0.3, 0.4) is 0 Å². The third-order valence-corrected chi connectivity index (χ3v) is 3.39. The van der Waals surface area contributed by atoms with Crippen molar-refractivity contribution in [2.75, 3.05) is 5.32 Å². The van der Waals surface area contributed by atoms with Crippen LogP contribution >= 0.6 is 0 Å². The second kappa shape index (κ2) is 8.56. The molecule has 20 heavy (non-hydrogen) atoms. The Kier molecular flexibility index (Phi) is 7.05. The van der Waals surface area contributed by atoms with Crippen molar-refractivity contribution < 1.29 is 9.18 Å². The summed E-state index contributed by atoms with van der Waals surface area (Å²) in [6, 6.07) is 4.68. The second-order valence-corrected chi connectivity index (χ2v) is 5.31. The summed E-state index contributed by atoms with van der Waals surface area (Å²) in [6.07, 6.45) is 7.31. The molecule has 1 aromatic rings. The van der Waals surface area contributed by atoms with Crippen molar-refractivity contribution in [3.63, 3.8) is 0 Å². The van der Waals surface area contributed by atoms with Gasteiger partial charge in [0, 0.05) is 11.7 Å². The van der Waals surface area contributed by atoms with E-state index in [1.807, 2.05) is 0 Å². The van der Waals surface area contributed by atoms with Gasteiger partial charge >= 0.3 is 0 Å². The van der Waals surface area contributed by atoms with Gasteiger partial charge in [-0.05, 0) is 31.5 Å². The molecule has 0 aromatic heterocycles. The minimum absolute atomic E-state index is 0.0647. The van der Waals surface area contributed by atoms with Crippen LogP contribution in [0, 0.1) is 5.82 Å². The average molecular weight is 280 g/mol. The third kappa shape index (κ3) is 5.59. The van der Waals surface area contributed by atoms with Crippen molar-refractivity contribution in [1.82, 2.24) is 0 Å². The van der Waals surface area contributed by atoms with E-state index >= 15 is 0 Å². The van der Waals surface area contributed by atoms with Crippen LogP contribution in [-0.2, 0) is 0 Å². The van der Waals surface area contributed by atoms with Gasteiger partial charge in [-0.25, -0.2) is 4.39 Å². The SMILES string of the molecule is CCCCCCCC(C)Nc1ccc(F)c(C(N)=O)c1. The predicted octanol–water partition coefficient (Wildman–Crippen LogP) is 4.09. The molecule has 0 heterocycles. The Morgan fingerprint density at radius 2 is 2.00 bits per heavy atom. The van der Waals surface area contributed by atoms with Crippen LogP contribution in [0.1, 0.15) is 62.7 Å². The molecule has 3 nitrogen and oxygen atoms in total. The summed E-state index contributed by atoms with van der Waals surface area (Å²) in [7, 11) is 0. The number of amides is 1. The Balaban J connectivity index is 2.43. The van der Waals surface area contributed by atoms with E-state index in [2.05, 4.69) is 19.2 Å². The van der Waals surface area contributed by atoms with Gasteiger partial charge in [0.2, 0.25) is 0 Å². The van der Waals surface area contributed by atoms with Crippen molar-refractivity contribution in [2.45, 2.75) is 58.4 Å². The normalized spacial score (nSPS) is 12.2. The smallest absolute Gasteiger partial charge is 0.251 e. The first kappa shape index (κ1) is 16.5. The van der Waals surface area contributed by atoms with Gasteiger partial charge in [0.05, 0.1) is 5.56 Å². The number of carbonyl (C=O) groups excluding carboxylic acids is 1. The van der Waals surface area contributed by atoms with E-state index in [9.17, 15) is 9.18 Å². The van der Waals surface area contributed by atoms with Gasteiger partial charge < -0.3 is 11.1 Å². The maximum atomic E-state index is 13.4. The number of nitrogens with two attached hydrogens (primary N) is 1. The summed E-state index contributed by atoms with van der Waals surface area (Å²) in [5, 5.41) is 3.28. The Bertz CT molecular complexity index is 434. The molecule has 0 aliphatic heterocycles. The number of hydrogen-bond acceptors (Lipinski definition) is 2. The lowest BCUT2D eigenvalue weighted by Crippen LogP contribution is -2.17. The van der Waals surface area contributed by atoms with Crippen LogP contribution in [-0.4, -0.2) is 11.9 Å². The van der Waals surface area contributed by atoms with Crippen molar-refractivity contribution in [3.8, 4) is 0 Å². The molecular formula is C16H25FN2O. The molecule has 0 saturated heterocycles. The summed E-state index contributed by atoms with van der Waals surface area (Å²) in [6.45, 7) is 4.29. The number of anilines is 1. The highest BCUT2D eigenvalue weighted by atomic mass is 19.1. The van der Waals surface area contributed by atoms with Crippen LogP contribution in [0.5, 0.6) is 0 Å². The van der Waals surface area contributed by atoms with E-state index in [0.717, 1.165) is 12.1 Å². The van der Waals surface area contributed by atoms with Crippen LogP contribution in [0.2, 0.25) is 0 Å². The Labute approximate surface area is 120 Å². The monoisotopic (exact) mass is 280 g/mol. The van der Waals surface area contributed by atoms with Gasteiger partial charge in [-0.15, -0.1) is 0 Å². The molecule has 4 heteroatoms. The topological polar surface area (TPSA) is 55.1 Å². The molecule has 0 aliphatic rings. The number of benzene rings is 1. The van der Waals surface area contributed by atoms with Crippen LogP contribution in [0.25, 0.3) is 0 Å². The molecule has 1 aromatic carbocycles. The van der Waals surface area contributed by atoms with E-state index in [4.69, 9.17) is 5.73 Å². The molecule has 0 spiro atoms. The van der Waals surface area contributed by atoms with Gasteiger partial charge in [-0.2, -0.15) is 0 Å². The lowest BCUT2D eigenvalue weighted by atomic mass is 10.1. The van der Waals surface area contributed by atoms with Gasteiger partial charge in [0.15, 0.2) is 0 Å². The maximum Gasteiger partial charge on any atom is 0.251 e. The lowest BCUT2D eigenvalue weighted by molar-refractivity contribution is 0.0996. The lowest BCUT2D eigenvalue weighted by Gasteiger charge is -2.15. The van der Waals surface area contributed by atoms with Crippen molar-refractivity contribution in [2.24, 2.45) is 5.73 Å². The average Bonchev–Trinajstić information content (AvgIpc) is 2.40. The maximum absolute atomic E-state index is 13.4. The molecule has 0 fully saturated rings. The number of hydrogen-bond donors (Lipinski definition) is 2. The Morgan fingerprint density at radius 1 is 1.30 bits per heavy atom. The summed E-state index contributed by atoms with van der Waals surface area (Å²) in [5.41, 5.74) is 5.81. The highest BCUT2D eigenvalue weighted by Gasteiger charge is 2.10. The molecule has 0 bridgehead atoms. The predicted molar refractivity (Wildman–Crippen MR) is 81.4 cm³/mol. The molecular weight excluding hydrogens is 255 g/mol. The molecule has 0 saturated carbocycles. The molecule has 112 valence electrons. The zero-order valence-corrected chi connectivity index (χ0v) is 12.4. The van der Waals surface area contributed by atoms with Crippen molar-refractivity contribution >= 4 is 11.6 Å². The number of halogens is 1. The van der Waals surface area contributed by atoms with Gasteiger partial charge in [0.25, 0.3) is 5.91 Å². The third-order valence-electron chi connectivity index (χ3n) is 3.39. The van der Waals surface area contributed by atoms with Gasteiger partial charge in [0.1, 0.15) is 5.82 Å². The van der Waals surface area contributed by atoms with E-state index in [0.29, 0.717) is 6.04 Å². The number of carbonyl (C=O) groups is 1. The number of nitrogens with one attached hydrogen (secondary N) is 1. The number of rotatable bonds is 9. The van der Waals surface area contributed by atoms with Crippen LogP contribution in [0.15, 0.2) is 18.2 Å². The molecule has 1 atom stereocenters. The quantitative estimate of drug-likeness (QED) is 0.669. The van der Waals surface area contributed by atoms with Crippen LogP contribution < -0.4 is 11.1 Å². The second-order valence-electron chi connectivity index (χ2n) is 5.31. The van der Waals surface area contributed by atoms with E-state index < -0.39 is 11.7 Å². The minimum atomic E-state index is -0.738. The first-order valence-corrected chi connectivity index (χ1v) is 7.40. The Hall–Kier alpha value is -1.58. The highest BCUT2D eigenvalue weighted by molar-refractivity contribution is 5.94. The fraction of sp³-hybridized carbons (Fsp3) is 0.562. The largest absolute Gasteiger partial charge is 0.383 e. The highest BCUT2D eigenvalue weighted by Crippen LogP contribution is 2.17. The summed E-state index contributed by atoms with van der Waals surface area (Å²) >= 11 is 0. The summed E-state index contributed by atoms with van der Waals surface area (Å²) in [5.74, 6) is -1.31. The van der Waals surface area contributed by atoms with Crippen LogP contribution in [0.4, 0.5) is 10.1 Å². The summed E-state index contributed by atoms with van der Waals surface area (Å²) in [4.78, 5) is 11.1. The molecule has 1 unspecified atom stereocenters. The van der Waals surface area contributed by atoms with E-state index in [1.165, 1.54) is 44.2 Å². The van der Waals surface area contributed by atoms with Crippen molar-refractivity contribution in [3.05, 3.63) is 29.6 Å². The minimum Gasteiger partial charge on any atom is -0.383 e. The molecule has 0 aliphatic carbocycles. The molecule has 3 N–H and O–H groups in total. The Morgan fingerprint density at radius 3 is 2.65 bits per heavy atom. The standard InChI is InChI=1S/C16H25FN2O/c1-3-4-5-6-7-8-12(2)19-13-9-10-15(17)14(11-13)16(18)20/h9-12,19H,3-8H2,1-2H3,(H2,18,20). The fourth-order valence-electron chi connectivity index (χ4n) is 2.21. The first-order chi connectivity index (χ1) is 9.54. The number of primary amides is 1. The van der Waals surface area contributed by atoms with Gasteiger partial charge in [-0.3, -0.25) is 4.79 Å².